The Morgan fingerprint density at radius 3 is 2.53 bits per heavy atom. The van der Waals surface area contributed by atoms with E-state index in [0.29, 0.717) is 11.3 Å². The maximum absolute atomic E-state index is 11.6. The highest BCUT2D eigenvalue weighted by molar-refractivity contribution is 5.88. The number of hydrogen-bond donors (Lipinski definition) is 0. The molecule has 0 heterocycles. The van der Waals surface area contributed by atoms with Crippen molar-refractivity contribution in [2.24, 2.45) is 0 Å². The minimum absolute atomic E-state index is 0.349. The molecular formula is C17H24O2. The largest absolute Gasteiger partial charge is 0.423 e. The van der Waals surface area contributed by atoms with Crippen LogP contribution in [0.25, 0.3) is 0 Å². The molecule has 104 valence electrons. The number of para-hydroxylation sites is 1. The number of hydrogen-bond acceptors (Lipinski definition) is 2. The monoisotopic (exact) mass is 260 g/mol. The van der Waals surface area contributed by atoms with Gasteiger partial charge in [0.15, 0.2) is 0 Å². The van der Waals surface area contributed by atoms with E-state index in [4.69, 9.17) is 4.74 Å². The van der Waals surface area contributed by atoms with Crippen molar-refractivity contribution < 1.29 is 9.53 Å². The van der Waals surface area contributed by atoms with Gasteiger partial charge in [0.25, 0.3) is 0 Å². The molecule has 0 aliphatic heterocycles. The van der Waals surface area contributed by atoms with Crippen LogP contribution in [0.3, 0.4) is 0 Å². The van der Waals surface area contributed by atoms with Gasteiger partial charge in [-0.3, -0.25) is 0 Å². The van der Waals surface area contributed by atoms with E-state index in [9.17, 15) is 4.79 Å². The molecule has 0 radical (unpaired) electrons. The Morgan fingerprint density at radius 1 is 1.16 bits per heavy atom. The third-order valence-electron chi connectivity index (χ3n) is 3.07. The molecule has 2 heteroatoms. The molecule has 2 nitrogen and oxygen atoms in total. The second kappa shape index (κ2) is 8.52. The summed E-state index contributed by atoms with van der Waals surface area (Å²) >= 11 is 0. The summed E-state index contributed by atoms with van der Waals surface area (Å²) in [6.45, 7) is 7.48. The van der Waals surface area contributed by atoms with Crippen LogP contribution in [0.2, 0.25) is 0 Å². The van der Waals surface area contributed by atoms with Crippen molar-refractivity contribution in [1.82, 2.24) is 0 Å². The van der Waals surface area contributed by atoms with Crippen LogP contribution in [0.15, 0.2) is 36.4 Å². The molecule has 0 bridgehead atoms. The average Bonchev–Trinajstić information content (AvgIpc) is 2.40. The zero-order valence-corrected chi connectivity index (χ0v) is 12.1. The maximum atomic E-state index is 11.6. The molecule has 1 rings (SSSR count). The third-order valence-corrected chi connectivity index (χ3v) is 3.07. The summed E-state index contributed by atoms with van der Waals surface area (Å²) in [6.07, 6.45) is 7.17. The predicted molar refractivity (Wildman–Crippen MR) is 79.4 cm³/mol. The Balaban J connectivity index is 2.53. The third kappa shape index (κ3) is 5.73. The number of ether oxygens (including phenoxy) is 1. The highest BCUT2D eigenvalue weighted by Crippen LogP contribution is 2.21. The normalized spacial score (nSPS) is 10.2. The molecule has 0 unspecified atom stereocenters. The maximum Gasteiger partial charge on any atom is 0.338 e. The van der Waals surface area contributed by atoms with E-state index in [0.717, 1.165) is 18.4 Å². The number of rotatable bonds is 8. The lowest BCUT2D eigenvalue weighted by Crippen LogP contribution is -2.09. The van der Waals surface area contributed by atoms with Gasteiger partial charge < -0.3 is 4.74 Å². The summed E-state index contributed by atoms with van der Waals surface area (Å²) in [5.41, 5.74) is 1.53. The number of unbranched alkanes of at least 4 members (excludes halogenated alkanes) is 4. The van der Waals surface area contributed by atoms with Gasteiger partial charge in [-0.25, -0.2) is 4.79 Å². The number of carbonyl (C=O) groups excluding carboxylic acids is 1. The Kier molecular flexibility index (Phi) is 6.94. The van der Waals surface area contributed by atoms with Crippen molar-refractivity contribution in [2.75, 3.05) is 0 Å². The first-order valence-electron chi connectivity index (χ1n) is 7.10. The molecule has 0 amide bonds. The second-order valence-electron chi connectivity index (χ2n) is 4.94. The van der Waals surface area contributed by atoms with E-state index in [2.05, 4.69) is 13.5 Å². The summed E-state index contributed by atoms with van der Waals surface area (Å²) in [7, 11) is 0. The van der Waals surface area contributed by atoms with Crippen molar-refractivity contribution >= 4 is 5.97 Å². The molecule has 0 N–H and O–H groups in total. The van der Waals surface area contributed by atoms with Gasteiger partial charge >= 0.3 is 5.97 Å². The Bertz CT molecular complexity index is 421. The molecule has 0 saturated carbocycles. The first kappa shape index (κ1) is 15.5. The van der Waals surface area contributed by atoms with Crippen LogP contribution in [0.1, 0.15) is 51.5 Å². The lowest BCUT2D eigenvalue weighted by atomic mass is 10.0. The molecule has 0 atom stereocenters. The van der Waals surface area contributed by atoms with Crippen molar-refractivity contribution in [3.63, 3.8) is 0 Å². The smallest absolute Gasteiger partial charge is 0.338 e. The summed E-state index contributed by atoms with van der Waals surface area (Å²) in [4.78, 5) is 11.6. The van der Waals surface area contributed by atoms with Gasteiger partial charge in [0, 0.05) is 5.57 Å². The predicted octanol–water partition coefficient (Wildman–Crippen LogP) is 4.68. The Labute approximate surface area is 116 Å². The summed E-state index contributed by atoms with van der Waals surface area (Å²) in [6, 6.07) is 7.75. The highest BCUT2D eigenvalue weighted by Gasteiger charge is 2.09. The van der Waals surface area contributed by atoms with E-state index in [1.807, 2.05) is 24.3 Å². The van der Waals surface area contributed by atoms with Crippen LogP contribution in [-0.2, 0) is 11.2 Å². The highest BCUT2D eigenvalue weighted by atomic mass is 16.5. The zero-order valence-electron chi connectivity index (χ0n) is 12.1. The second-order valence-corrected chi connectivity index (χ2v) is 4.94. The first-order valence-corrected chi connectivity index (χ1v) is 7.10. The standard InChI is InChI=1S/C17H24O2/c1-4-5-6-7-8-11-15-12-9-10-13-16(15)19-17(18)14(2)3/h9-10,12-13H,2,4-8,11H2,1,3H3. The quantitative estimate of drug-likeness (QED) is 0.293. The Hall–Kier alpha value is -1.57. The number of aryl methyl sites for hydroxylation is 1. The SMILES string of the molecule is C=C(C)C(=O)Oc1ccccc1CCCCCCC. The number of carbonyl (C=O) groups is 1. The zero-order chi connectivity index (χ0) is 14.1. The molecule has 19 heavy (non-hydrogen) atoms. The van der Waals surface area contributed by atoms with Crippen LogP contribution in [-0.4, -0.2) is 5.97 Å². The van der Waals surface area contributed by atoms with Crippen LogP contribution in [0.5, 0.6) is 5.75 Å². The molecule has 0 fully saturated rings. The van der Waals surface area contributed by atoms with Gasteiger partial charge in [-0.15, -0.1) is 0 Å². The molecule has 0 aliphatic rings. The number of esters is 1. The fraction of sp³-hybridized carbons (Fsp3) is 0.471. The topological polar surface area (TPSA) is 26.3 Å². The minimum atomic E-state index is -0.349. The minimum Gasteiger partial charge on any atom is -0.423 e. The lowest BCUT2D eigenvalue weighted by molar-refractivity contribution is -0.130. The van der Waals surface area contributed by atoms with Crippen LogP contribution >= 0.6 is 0 Å². The lowest BCUT2D eigenvalue weighted by Gasteiger charge is -2.09. The summed E-state index contributed by atoms with van der Waals surface area (Å²) in [5, 5.41) is 0. The van der Waals surface area contributed by atoms with Gasteiger partial charge in [0.2, 0.25) is 0 Å². The van der Waals surface area contributed by atoms with Crippen LogP contribution in [0.4, 0.5) is 0 Å². The summed E-state index contributed by atoms with van der Waals surface area (Å²) in [5.74, 6) is 0.324. The van der Waals surface area contributed by atoms with Crippen molar-refractivity contribution in [2.45, 2.75) is 52.4 Å². The average molecular weight is 260 g/mol. The van der Waals surface area contributed by atoms with E-state index >= 15 is 0 Å². The summed E-state index contributed by atoms with van der Waals surface area (Å²) < 4.78 is 5.35. The van der Waals surface area contributed by atoms with Crippen molar-refractivity contribution in [3.8, 4) is 5.75 Å². The molecule has 1 aromatic rings. The molecule has 0 aromatic heterocycles. The van der Waals surface area contributed by atoms with Gasteiger partial charge in [-0.1, -0.05) is 57.4 Å². The van der Waals surface area contributed by atoms with Gasteiger partial charge in [-0.2, -0.15) is 0 Å². The Morgan fingerprint density at radius 2 is 1.84 bits per heavy atom. The van der Waals surface area contributed by atoms with Crippen molar-refractivity contribution in [1.29, 1.82) is 0 Å². The fourth-order valence-electron chi connectivity index (χ4n) is 1.92. The molecule has 1 aromatic carbocycles. The molecule has 0 spiro atoms. The van der Waals surface area contributed by atoms with Gasteiger partial charge in [0.05, 0.1) is 0 Å². The molecule has 0 aliphatic carbocycles. The van der Waals surface area contributed by atoms with E-state index in [1.54, 1.807) is 6.92 Å². The van der Waals surface area contributed by atoms with Gasteiger partial charge in [0.1, 0.15) is 5.75 Å². The molecular weight excluding hydrogens is 236 g/mol. The van der Waals surface area contributed by atoms with Crippen LogP contribution in [0, 0.1) is 0 Å². The first-order chi connectivity index (χ1) is 9.15. The van der Waals surface area contributed by atoms with E-state index in [-0.39, 0.29) is 5.97 Å². The van der Waals surface area contributed by atoms with E-state index < -0.39 is 0 Å². The fourth-order valence-corrected chi connectivity index (χ4v) is 1.92. The van der Waals surface area contributed by atoms with E-state index in [1.165, 1.54) is 25.7 Å². The van der Waals surface area contributed by atoms with Gasteiger partial charge in [-0.05, 0) is 31.4 Å². The van der Waals surface area contributed by atoms with Crippen LogP contribution < -0.4 is 4.74 Å². The van der Waals surface area contributed by atoms with Crippen molar-refractivity contribution in [3.05, 3.63) is 42.0 Å². The molecule has 0 saturated heterocycles. The number of benzene rings is 1.